The van der Waals surface area contributed by atoms with Crippen LogP contribution >= 0.6 is 11.6 Å². The minimum Gasteiger partial charge on any atom is -0.366 e. The monoisotopic (exact) mass is 498 g/mol. The van der Waals surface area contributed by atoms with Gasteiger partial charge in [0, 0.05) is 23.7 Å². The maximum absolute atomic E-state index is 14.7. The van der Waals surface area contributed by atoms with E-state index in [4.69, 9.17) is 17.3 Å². The first-order chi connectivity index (χ1) is 15.9. The molecule has 0 saturated carbocycles. The summed E-state index contributed by atoms with van der Waals surface area (Å²) in [5.41, 5.74) is 3.54. The van der Waals surface area contributed by atoms with Crippen LogP contribution in [-0.4, -0.2) is 45.7 Å². The molecule has 1 fully saturated rings. The number of benzene rings is 1. The van der Waals surface area contributed by atoms with Crippen molar-refractivity contribution in [2.45, 2.75) is 37.0 Å². The van der Waals surface area contributed by atoms with E-state index in [-0.39, 0.29) is 34.6 Å². The van der Waals surface area contributed by atoms with E-state index in [0.29, 0.717) is 11.0 Å². The molecular weight excluding hydrogens is 484 g/mol. The smallest absolute Gasteiger partial charge is 0.366 e. The largest absolute Gasteiger partial charge is 0.399 e. The van der Waals surface area contributed by atoms with Crippen molar-refractivity contribution in [1.29, 1.82) is 0 Å². The van der Waals surface area contributed by atoms with Gasteiger partial charge in [0.15, 0.2) is 0 Å². The quantitative estimate of drug-likeness (QED) is 0.495. The molecule has 2 aliphatic rings. The second-order valence-electron chi connectivity index (χ2n) is 7.83. The van der Waals surface area contributed by atoms with Crippen LogP contribution in [0.4, 0.5) is 17.6 Å². The third-order valence-electron chi connectivity index (χ3n) is 5.76. The van der Waals surface area contributed by atoms with Crippen LogP contribution in [0.15, 0.2) is 30.5 Å². The second kappa shape index (κ2) is 8.35. The molecule has 2 aliphatic heterocycles. The number of nitrogens with two attached hydrogens (primary N) is 1. The lowest BCUT2D eigenvalue weighted by molar-refractivity contribution is -0.168. The Morgan fingerprint density at radius 1 is 1.24 bits per heavy atom. The van der Waals surface area contributed by atoms with Crippen molar-refractivity contribution < 1.29 is 36.7 Å². The number of nitrogens with one attached hydrogen (secondary N) is 1. The molecule has 4 rings (SSSR count). The molecule has 34 heavy (non-hydrogen) atoms. The zero-order chi connectivity index (χ0) is 24.9. The molecule has 2 aromatic rings. The van der Waals surface area contributed by atoms with Crippen LogP contribution in [0.2, 0.25) is 5.02 Å². The summed E-state index contributed by atoms with van der Waals surface area (Å²) < 4.78 is 58.2. The van der Waals surface area contributed by atoms with Gasteiger partial charge in [0.25, 0.3) is 5.91 Å². The highest BCUT2D eigenvalue weighted by atomic mass is 35.5. The molecule has 8 nitrogen and oxygen atoms in total. The van der Waals surface area contributed by atoms with Gasteiger partial charge < -0.3 is 10.6 Å². The van der Waals surface area contributed by atoms with Crippen molar-refractivity contribution >= 4 is 35.2 Å². The maximum atomic E-state index is 14.7. The first kappa shape index (κ1) is 23.6. The van der Waals surface area contributed by atoms with Crippen molar-refractivity contribution in [3.63, 3.8) is 0 Å². The number of hydrogen-bond acceptors (Lipinski definition) is 5. The molecule has 3 atom stereocenters. The summed E-state index contributed by atoms with van der Waals surface area (Å²) in [4.78, 5) is 53.3. The van der Waals surface area contributed by atoms with E-state index >= 15 is 0 Å². The predicted molar refractivity (Wildman–Crippen MR) is 108 cm³/mol. The number of halogens is 5. The zero-order valence-corrected chi connectivity index (χ0v) is 17.8. The van der Waals surface area contributed by atoms with E-state index in [1.807, 2.05) is 5.32 Å². The summed E-state index contributed by atoms with van der Waals surface area (Å²) in [5, 5.41) is 1.76. The van der Waals surface area contributed by atoms with Crippen LogP contribution in [0, 0.1) is 5.82 Å². The SMILES string of the molecule is NC(=O)c1ccc2c(c1)C([C@H](c1ncc(Cl)cc1F)C(F)(F)F)N([C@H]1CCC(=O)NC1=O)C2=O. The van der Waals surface area contributed by atoms with Gasteiger partial charge >= 0.3 is 6.18 Å². The number of alkyl halides is 3. The van der Waals surface area contributed by atoms with Gasteiger partial charge in [-0.2, -0.15) is 13.2 Å². The standard InChI is InChI=1S/C21H15ClF4N4O4/c22-9-6-12(23)16(28-7-9)15(21(24,25)26)17-11-5-8(18(27)32)1-2-10(11)20(34)30(17)13-3-4-14(31)29-19(13)33/h1-2,5-7,13,15,17H,3-4H2,(H2,27,32)(H,29,31,33)/t13-,15-,17?/m0/s1. The number of imide groups is 1. The fourth-order valence-electron chi connectivity index (χ4n) is 4.33. The lowest BCUT2D eigenvalue weighted by Crippen LogP contribution is -2.55. The van der Waals surface area contributed by atoms with Gasteiger partial charge in [0.05, 0.1) is 16.8 Å². The van der Waals surface area contributed by atoms with Gasteiger partial charge in [-0.05, 0) is 36.2 Å². The number of carbonyl (C=O) groups excluding carboxylic acids is 4. The molecule has 0 radical (unpaired) electrons. The summed E-state index contributed by atoms with van der Waals surface area (Å²) >= 11 is 5.65. The molecular formula is C21H15ClF4N4O4. The van der Waals surface area contributed by atoms with Gasteiger partial charge in [-0.3, -0.25) is 29.5 Å². The number of fused-ring (bicyclic) bond motifs is 1. The van der Waals surface area contributed by atoms with Crippen LogP contribution in [0.5, 0.6) is 0 Å². The maximum Gasteiger partial charge on any atom is 0.399 e. The zero-order valence-electron chi connectivity index (χ0n) is 17.0. The van der Waals surface area contributed by atoms with Crippen LogP contribution in [0.3, 0.4) is 0 Å². The van der Waals surface area contributed by atoms with Gasteiger partial charge in [-0.1, -0.05) is 11.6 Å². The number of carbonyl (C=O) groups is 4. The topological polar surface area (TPSA) is 122 Å². The van der Waals surface area contributed by atoms with Crippen molar-refractivity contribution in [1.82, 2.24) is 15.2 Å². The highest BCUT2D eigenvalue weighted by molar-refractivity contribution is 6.30. The van der Waals surface area contributed by atoms with E-state index < -0.39 is 59.3 Å². The molecule has 1 aromatic carbocycles. The lowest BCUT2D eigenvalue weighted by Gasteiger charge is -2.38. The number of nitrogens with zero attached hydrogens (tertiary/aromatic N) is 2. The van der Waals surface area contributed by atoms with Crippen molar-refractivity contribution in [2.24, 2.45) is 5.73 Å². The van der Waals surface area contributed by atoms with Crippen molar-refractivity contribution in [2.75, 3.05) is 0 Å². The third-order valence-corrected chi connectivity index (χ3v) is 5.97. The number of aromatic nitrogens is 1. The first-order valence-electron chi connectivity index (χ1n) is 9.88. The molecule has 1 unspecified atom stereocenters. The van der Waals surface area contributed by atoms with Gasteiger partial charge in [0.2, 0.25) is 17.7 Å². The summed E-state index contributed by atoms with van der Waals surface area (Å²) in [7, 11) is 0. The number of primary amides is 1. The Balaban J connectivity index is 1.96. The molecule has 3 heterocycles. The summed E-state index contributed by atoms with van der Waals surface area (Å²) in [6.45, 7) is 0. The highest BCUT2D eigenvalue weighted by Gasteiger charge is 2.57. The van der Waals surface area contributed by atoms with E-state index in [2.05, 4.69) is 4.98 Å². The van der Waals surface area contributed by atoms with Crippen LogP contribution < -0.4 is 11.1 Å². The Bertz CT molecular complexity index is 1240. The number of rotatable bonds is 4. The average molecular weight is 499 g/mol. The Morgan fingerprint density at radius 2 is 1.94 bits per heavy atom. The molecule has 0 bridgehead atoms. The summed E-state index contributed by atoms with van der Waals surface area (Å²) in [6, 6.07) is 0.507. The predicted octanol–water partition coefficient (Wildman–Crippen LogP) is 2.62. The van der Waals surface area contributed by atoms with Gasteiger partial charge in [-0.15, -0.1) is 0 Å². The van der Waals surface area contributed by atoms with Crippen LogP contribution in [0.25, 0.3) is 0 Å². The Kier molecular flexibility index (Phi) is 5.80. The average Bonchev–Trinajstić information content (AvgIpc) is 3.00. The van der Waals surface area contributed by atoms with E-state index in [0.717, 1.165) is 24.4 Å². The van der Waals surface area contributed by atoms with Crippen molar-refractivity contribution in [3.05, 3.63) is 63.7 Å². The molecule has 3 N–H and O–H groups in total. The minimum absolute atomic E-state index is 0.188. The molecule has 1 saturated heterocycles. The Morgan fingerprint density at radius 3 is 2.53 bits per heavy atom. The van der Waals surface area contributed by atoms with E-state index in [1.165, 1.54) is 0 Å². The van der Waals surface area contributed by atoms with Crippen LogP contribution in [-0.2, 0) is 9.59 Å². The van der Waals surface area contributed by atoms with E-state index in [9.17, 15) is 36.7 Å². The minimum atomic E-state index is -5.16. The Labute approximate surface area is 194 Å². The van der Waals surface area contributed by atoms with Crippen LogP contribution in [0.1, 0.15) is 56.8 Å². The summed E-state index contributed by atoms with van der Waals surface area (Å²) in [5.74, 6) is -7.63. The molecule has 178 valence electrons. The molecule has 1 aromatic heterocycles. The van der Waals surface area contributed by atoms with Gasteiger partial charge in [0.1, 0.15) is 17.8 Å². The summed E-state index contributed by atoms with van der Waals surface area (Å²) in [6.07, 6.45) is -4.80. The van der Waals surface area contributed by atoms with E-state index in [1.54, 1.807) is 0 Å². The number of amides is 4. The normalized spacial score (nSPS) is 21.3. The first-order valence-corrected chi connectivity index (χ1v) is 10.3. The fourth-order valence-corrected chi connectivity index (χ4v) is 4.48. The fraction of sp³-hybridized carbons (Fsp3) is 0.286. The number of hydrogen-bond donors (Lipinski definition) is 2. The number of pyridine rings is 1. The second-order valence-corrected chi connectivity index (χ2v) is 8.27. The van der Waals surface area contributed by atoms with Crippen molar-refractivity contribution in [3.8, 4) is 0 Å². The highest BCUT2D eigenvalue weighted by Crippen LogP contribution is 2.52. The molecule has 0 aliphatic carbocycles. The molecule has 13 heteroatoms. The van der Waals surface area contributed by atoms with Gasteiger partial charge in [-0.25, -0.2) is 4.39 Å². The molecule has 4 amide bonds. The Hall–Kier alpha value is -3.54. The third kappa shape index (κ3) is 3.98. The lowest BCUT2D eigenvalue weighted by atomic mass is 9.87. The molecule has 0 spiro atoms. The number of piperidine rings is 1.